The first-order valence-electron chi connectivity index (χ1n) is 6.81. The van der Waals surface area contributed by atoms with E-state index in [-0.39, 0.29) is 5.41 Å². The third-order valence-corrected chi connectivity index (χ3v) is 7.46. The number of carboxylic acid groups (broad SMARTS) is 1. The van der Waals surface area contributed by atoms with E-state index in [2.05, 4.69) is 32.9 Å². The fraction of sp³-hybridized carbons (Fsp3) is 0.562. The predicted octanol–water partition coefficient (Wildman–Crippen LogP) is 5.26. The van der Waals surface area contributed by atoms with Crippen LogP contribution in [0, 0.1) is 5.92 Å². The molecule has 0 aromatic heterocycles. The van der Waals surface area contributed by atoms with Gasteiger partial charge in [-0.15, -0.1) is 0 Å². The van der Waals surface area contributed by atoms with Crippen molar-refractivity contribution in [3.05, 3.63) is 35.4 Å². The van der Waals surface area contributed by atoms with Gasteiger partial charge in [-0.05, 0) is 0 Å². The van der Waals surface area contributed by atoms with Crippen LogP contribution in [0.5, 0.6) is 0 Å². The SMILES string of the molecule is CC(C)CI(OCc1ccc(C(C)(C)C)cc1)C(=O)O. The molecule has 1 N–H and O–H groups in total. The predicted molar refractivity (Wildman–Crippen MR) is 91.7 cm³/mol. The van der Waals surface area contributed by atoms with Gasteiger partial charge in [-0.3, -0.25) is 0 Å². The van der Waals surface area contributed by atoms with Crippen molar-refractivity contribution in [1.29, 1.82) is 0 Å². The molecule has 1 rings (SSSR count). The monoisotopic (exact) mass is 392 g/mol. The minimum absolute atomic E-state index is 0.135. The van der Waals surface area contributed by atoms with Gasteiger partial charge in [-0.2, -0.15) is 0 Å². The van der Waals surface area contributed by atoms with Crippen LogP contribution in [0.1, 0.15) is 45.7 Å². The van der Waals surface area contributed by atoms with E-state index >= 15 is 0 Å². The van der Waals surface area contributed by atoms with Crippen molar-refractivity contribution < 1.29 is 13.0 Å². The molecule has 0 heterocycles. The van der Waals surface area contributed by atoms with Crippen LogP contribution in [-0.2, 0) is 15.1 Å². The molecule has 1 aromatic rings. The molecule has 0 atom stereocenters. The Kier molecular flexibility index (Phi) is 6.45. The first-order chi connectivity index (χ1) is 9.20. The number of hydrogen-bond acceptors (Lipinski definition) is 2. The van der Waals surface area contributed by atoms with E-state index in [0.717, 1.165) is 5.56 Å². The Labute approximate surface area is 129 Å². The molecule has 20 heavy (non-hydrogen) atoms. The molecular formula is C16H25IO3. The number of carbonyl (C=O) groups is 1. The molecule has 0 saturated heterocycles. The molecule has 0 aliphatic heterocycles. The zero-order valence-corrected chi connectivity index (χ0v) is 15.1. The van der Waals surface area contributed by atoms with Crippen LogP contribution >= 0.6 is 20.2 Å². The average molecular weight is 392 g/mol. The van der Waals surface area contributed by atoms with Crippen molar-refractivity contribution in [2.45, 2.75) is 46.6 Å². The van der Waals surface area contributed by atoms with Crippen LogP contribution in [0.2, 0.25) is 0 Å². The van der Waals surface area contributed by atoms with Crippen molar-refractivity contribution in [2.24, 2.45) is 5.92 Å². The standard InChI is InChI=1S/C16H25IO3/c1-12(2)10-17(15(18)19)20-11-13-6-8-14(9-7-13)16(3,4)5/h6-9,12H,10-11H2,1-5H3,(H,18,19). The Bertz CT molecular complexity index is 432. The van der Waals surface area contributed by atoms with Crippen LogP contribution in [0.3, 0.4) is 0 Å². The quantitative estimate of drug-likeness (QED) is 0.408. The molecule has 0 fully saturated rings. The van der Waals surface area contributed by atoms with Crippen LogP contribution in [0.4, 0.5) is 4.79 Å². The van der Waals surface area contributed by atoms with Gasteiger partial charge in [0.2, 0.25) is 0 Å². The fourth-order valence-electron chi connectivity index (χ4n) is 1.67. The van der Waals surface area contributed by atoms with Gasteiger partial charge in [0.25, 0.3) is 0 Å². The number of halogens is 1. The summed E-state index contributed by atoms with van der Waals surface area (Å²) in [6.07, 6.45) is 0. The summed E-state index contributed by atoms with van der Waals surface area (Å²) in [6.45, 7) is 11.0. The summed E-state index contributed by atoms with van der Waals surface area (Å²) in [5.74, 6) is 0.375. The summed E-state index contributed by atoms with van der Waals surface area (Å²) in [4.78, 5) is 11.2. The molecule has 0 amide bonds. The molecule has 114 valence electrons. The van der Waals surface area contributed by atoms with Gasteiger partial charge in [-0.1, -0.05) is 0 Å². The molecule has 0 aliphatic carbocycles. The normalized spacial score (nSPS) is 12.6. The number of hydrogen-bond donors (Lipinski definition) is 1. The summed E-state index contributed by atoms with van der Waals surface area (Å²) in [6, 6.07) is 8.26. The van der Waals surface area contributed by atoms with E-state index in [1.807, 2.05) is 26.0 Å². The second-order valence-electron chi connectivity index (χ2n) is 6.32. The Morgan fingerprint density at radius 2 is 1.80 bits per heavy atom. The van der Waals surface area contributed by atoms with Gasteiger partial charge < -0.3 is 0 Å². The Morgan fingerprint density at radius 1 is 1.25 bits per heavy atom. The maximum atomic E-state index is 11.2. The number of benzene rings is 1. The molecule has 0 bridgehead atoms. The van der Waals surface area contributed by atoms with Crippen molar-refractivity contribution in [3.8, 4) is 0 Å². The third-order valence-electron chi connectivity index (χ3n) is 2.80. The fourth-order valence-corrected chi connectivity index (χ4v) is 4.90. The van der Waals surface area contributed by atoms with Crippen molar-refractivity contribution >= 4 is 24.2 Å². The van der Waals surface area contributed by atoms with Crippen LogP contribution < -0.4 is 0 Å². The van der Waals surface area contributed by atoms with Crippen molar-refractivity contribution in [1.82, 2.24) is 0 Å². The first kappa shape index (κ1) is 17.4. The molecule has 0 aliphatic rings. The van der Waals surface area contributed by atoms with Gasteiger partial charge in [0.15, 0.2) is 0 Å². The van der Waals surface area contributed by atoms with Crippen molar-refractivity contribution in [2.75, 3.05) is 4.43 Å². The molecule has 3 nitrogen and oxygen atoms in total. The zero-order chi connectivity index (χ0) is 15.3. The molecular weight excluding hydrogens is 367 g/mol. The third kappa shape index (κ3) is 5.79. The second-order valence-corrected chi connectivity index (χ2v) is 10.6. The number of rotatable bonds is 6. The van der Waals surface area contributed by atoms with E-state index in [1.54, 1.807) is 0 Å². The summed E-state index contributed by atoms with van der Waals surface area (Å²) in [5.41, 5.74) is 2.46. The van der Waals surface area contributed by atoms with E-state index < -0.39 is 24.2 Å². The number of alkyl halides is 1. The Balaban J connectivity index is 2.62. The molecule has 0 unspecified atom stereocenters. The van der Waals surface area contributed by atoms with Crippen molar-refractivity contribution in [3.63, 3.8) is 0 Å². The molecule has 0 radical (unpaired) electrons. The Morgan fingerprint density at radius 3 is 2.20 bits per heavy atom. The van der Waals surface area contributed by atoms with Gasteiger partial charge in [-0.25, -0.2) is 0 Å². The Hall–Kier alpha value is -0.620. The van der Waals surface area contributed by atoms with Crippen LogP contribution in [0.15, 0.2) is 24.3 Å². The van der Waals surface area contributed by atoms with Gasteiger partial charge in [0, 0.05) is 0 Å². The van der Waals surface area contributed by atoms with Gasteiger partial charge in [0.1, 0.15) is 0 Å². The summed E-state index contributed by atoms with van der Waals surface area (Å²) < 4.78 is 5.65. The summed E-state index contributed by atoms with van der Waals surface area (Å²) in [7, 11) is 0. The molecule has 4 heteroatoms. The topological polar surface area (TPSA) is 46.5 Å². The average Bonchev–Trinajstić information content (AvgIpc) is 2.33. The van der Waals surface area contributed by atoms with Crippen LogP contribution in [-0.4, -0.2) is 13.5 Å². The summed E-state index contributed by atoms with van der Waals surface area (Å²) >= 11 is -2.35. The van der Waals surface area contributed by atoms with E-state index in [9.17, 15) is 9.90 Å². The van der Waals surface area contributed by atoms with Crippen LogP contribution in [0.25, 0.3) is 0 Å². The second kappa shape index (κ2) is 7.41. The minimum atomic E-state index is -2.35. The molecule has 1 aromatic carbocycles. The van der Waals surface area contributed by atoms with E-state index in [1.165, 1.54) is 5.56 Å². The summed E-state index contributed by atoms with van der Waals surface area (Å²) in [5, 5.41) is 9.20. The van der Waals surface area contributed by atoms with E-state index in [0.29, 0.717) is 17.0 Å². The molecule has 0 spiro atoms. The maximum absolute atomic E-state index is 11.2. The van der Waals surface area contributed by atoms with E-state index in [4.69, 9.17) is 3.07 Å². The first-order valence-corrected chi connectivity index (χ1v) is 10.3. The zero-order valence-electron chi connectivity index (χ0n) is 12.9. The molecule has 0 saturated carbocycles. The van der Waals surface area contributed by atoms with Gasteiger partial charge >= 0.3 is 130 Å². The van der Waals surface area contributed by atoms with Gasteiger partial charge in [0.05, 0.1) is 0 Å².